The van der Waals surface area contributed by atoms with Crippen LogP contribution in [0.15, 0.2) is 84.3 Å². The van der Waals surface area contributed by atoms with Crippen molar-refractivity contribution in [1.29, 1.82) is 0 Å². The highest BCUT2D eigenvalue weighted by molar-refractivity contribution is 6.05. The third-order valence-electron chi connectivity index (χ3n) is 5.55. The Kier molecular flexibility index (Phi) is 5.51. The number of pyridine rings is 1. The van der Waals surface area contributed by atoms with E-state index in [4.69, 9.17) is 9.84 Å². The summed E-state index contributed by atoms with van der Waals surface area (Å²) in [5.74, 6) is 1.01. The molecule has 8 nitrogen and oxygen atoms in total. The maximum absolute atomic E-state index is 13.7. The quantitative estimate of drug-likeness (QED) is 0.462. The van der Waals surface area contributed by atoms with Crippen molar-refractivity contribution in [2.75, 3.05) is 17.7 Å². The van der Waals surface area contributed by atoms with Crippen molar-refractivity contribution in [3.8, 4) is 17.1 Å². The van der Waals surface area contributed by atoms with Crippen LogP contribution in [0.5, 0.6) is 5.75 Å². The number of rotatable bonds is 5. The molecule has 0 aliphatic carbocycles. The van der Waals surface area contributed by atoms with Crippen LogP contribution in [-0.4, -0.2) is 32.8 Å². The molecule has 4 aromatic rings. The zero-order valence-electron chi connectivity index (χ0n) is 18.5. The second kappa shape index (κ2) is 8.78. The first-order valence-corrected chi connectivity index (χ1v) is 10.6. The molecule has 34 heavy (non-hydrogen) atoms. The van der Waals surface area contributed by atoms with Crippen molar-refractivity contribution in [1.82, 2.24) is 19.7 Å². The minimum Gasteiger partial charge on any atom is -0.497 e. The van der Waals surface area contributed by atoms with Gasteiger partial charge in [0.05, 0.1) is 24.6 Å². The van der Waals surface area contributed by atoms with Crippen molar-refractivity contribution < 1.29 is 13.9 Å². The first kappa shape index (κ1) is 21.3. The van der Waals surface area contributed by atoms with Crippen LogP contribution in [0.2, 0.25) is 0 Å². The molecule has 0 unspecified atom stereocenters. The second-order valence-electron chi connectivity index (χ2n) is 7.75. The number of fused-ring (bicyclic) bond motifs is 1. The molecule has 1 aliphatic heterocycles. The average molecular weight is 456 g/mol. The minimum absolute atomic E-state index is 0.320. The lowest BCUT2D eigenvalue weighted by atomic mass is 9.95. The van der Waals surface area contributed by atoms with Gasteiger partial charge in [-0.05, 0) is 61.0 Å². The largest absolute Gasteiger partial charge is 0.497 e. The highest BCUT2D eigenvalue weighted by Crippen LogP contribution is 2.37. The third kappa shape index (κ3) is 3.99. The molecular formula is C25H21FN6O2. The van der Waals surface area contributed by atoms with Gasteiger partial charge in [-0.15, -0.1) is 5.10 Å². The number of nitrogens with one attached hydrogen (secondary N) is 2. The molecular weight excluding hydrogens is 435 g/mol. The molecule has 3 heterocycles. The fourth-order valence-corrected chi connectivity index (χ4v) is 3.90. The fourth-order valence-electron chi connectivity index (χ4n) is 3.90. The predicted molar refractivity (Wildman–Crippen MR) is 126 cm³/mol. The molecule has 2 aromatic heterocycles. The van der Waals surface area contributed by atoms with Gasteiger partial charge >= 0.3 is 0 Å². The number of carbonyl (C=O) groups is 1. The van der Waals surface area contributed by atoms with Crippen molar-refractivity contribution in [2.45, 2.75) is 13.0 Å². The van der Waals surface area contributed by atoms with E-state index >= 15 is 0 Å². The van der Waals surface area contributed by atoms with Crippen LogP contribution in [0.4, 0.5) is 16.0 Å². The van der Waals surface area contributed by atoms with E-state index in [0.717, 1.165) is 11.3 Å². The minimum atomic E-state index is -0.618. The summed E-state index contributed by atoms with van der Waals surface area (Å²) < 4.78 is 20.6. The molecule has 1 atom stereocenters. The van der Waals surface area contributed by atoms with E-state index in [1.807, 2.05) is 24.3 Å². The average Bonchev–Trinajstić information content (AvgIpc) is 3.28. The highest BCUT2D eigenvalue weighted by Gasteiger charge is 2.34. The zero-order chi connectivity index (χ0) is 23.7. The van der Waals surface area contributed by atoms with Gasteiger partial charge in [0.1, 0.15) is 17.6 Å². The van der Waals surface area contributed by atoms with E-state index in [1.54, 1.807) is 55.4 Å². The standard InChI is InChI=1S/C25H21FN6O2/c1-15-21(24(33)29-19-4-3-13-27-14-19)22(16-5-9-18(26)10-6-16)32-25(28-15)30-23(31-32)17-7-11-20(34-2)12-8-17/h3-14,22H,1-2H3,(H,29,33)(H,28,30,31)/t22-/m0/s1. The smallest absolute Gasteiger partial charge is 0.255 e. The van der Waals surface area contributed by atoms with Gasteiger partial charge in [-0.1, -0.05) is 12.1 Å². The maximum atomic E-state index is 13.7. The van der Waals surface area contributed by atoms with Crippen LogP contribution in [-0.2, 0) is 4.79 Å². The normalized spacial score (nSPS) is 14.9. The Morgan fingerprint density at radius 1 is 1.12 bits per heavy atom. The Balaban J connectivity index is 1.58. The lowest BCUT2D eigenvalue weighted by Gasteiger charge is -2.28. The van der Waals surface area contributed by atoms with Gasteiger partial charge in [-0.2, -0.15) is 4.98 Å². The van der Waals surface area contributed by atoms with E-state index in [9.17, 15) is 9.18 Å². The molecule has 0 fully saturated rings. The van der Waals surface area contributed by atoms with Gasteiger partial charge in [0, 0.05) is 17.5 Å². The summed E-state index contributed by atoms with van der Waals surface area (Å²) in [6.07, 6.45) is 3.20. The Morgan fingerprint density at radius 2 is 1.88 bits per heavy atom. The molecule has 0 spiro atoms. The first-order valence-electron chi connectivity index (χ1n) is 10.6. The summed E-state index contributed by atoms with van der Waals surface area (Å²) in [5, 5.41) is 10.8. The fraction of sp³-hybridized carbons (Fsp3) is 0.120. The van der Waals surface area contributed by atoms with E-state index in [0.29, 0.717) is 34.3 Å². The van der Waals surface area contributed by atoms with Crippen LogP contribution >= 0.6 is 0 Å². The second-order valence-corrected chi connectivity index (χ2v) is 7.75. The van der Waals surface area contributed by atoms with Gasteiger partial charge < -0.3 is 15.4 Å². The van der Waals surface area contributed by atoms with Gasteiger partial charge in [0.15, 0.2) is 5.82 Å². The van der Waals surface area contributed by atoms with E-state index < -0.39 is 6.04 Å². The molecule has 0 bridgehead atoms. The number of anilines is 2. The maximum Gasteiger partial charge on any atom is 0.255 e. The van der Waals surface area contributed by atoms with Gasteiger partial charge in [-0.25, -0.2) is 9.07 Å². The van der Waals surface area contributed by atoms with Crippen molar-refractivity contribution >= 4 is 17.5 Å². The predicted octanol–water partition coefficient (Wildman–Crippen LogP) is 4.42. The first-order chi connectivity index (χ1) is 16.5. The molecule has 2 aromatic carbocycles. The number of halogens is 1. The number of hydrogen-bond acceptors (Lipinski definition) is 6. The molecule has 0 radical (unpaired) electrons. The zero-order valence-corrected chi connectivity index (χ0v) is 18.5. The summed E-state index contributed by atoms with van der Waals surface area (Å²) in [5.41, 5.74) is 3.12. The van der Waals surface area contributed by atoms with Crippen LogP contribution < -0.4 is 15.4 Å². The topological polar surface area (TPSA) is 94.0 Å². The van der Waals surface area contributed by atoms with Gasteiger partial charge in [0.2, 0.25) is 5.95 Å². The monoisotopic (exact) mass is 456 g/mol. The number of ether oxygens (including phenoxy) is 1. The highest BCUT2D eigenvalue weighted by atomic mass is 19.1. The summed E-state index contributed by atoms with van der Waals surface area (Å²) >= 11 is 0. The molecule has 1 amide bonds. The van der Waals surface area contributed by atoms with Crippen LogP contribution in [0.1, 0.15) is 18.5 Å². The Hall–Kier alpha value is -4.53. The van der Waals surface area contributed by atoms with E-state index in [2.05, 4.69) is 20.6 Å². The molecule has 0 saturated carbocycles. The van der Waals surface area contributed by atoms with Gasteiger partial charge in [-0.3, -0.25) is 9.78 Å². The third-order valence-corrected chi connectivity index (χ3v) is 5.55. The molecule has 9 heteroatoms. The number of amides is 1. The van der Waals surface area contributed by atoms with Crippen molar-refractivity contribution in [2.24, 2.45) is 0 Å². The molecule has 5 rings (SSSR count). The van der Waals surface area contributed by atoms with E-state index in [-0.39, 0.29) is 11.7 Å². The lowest BCUT2D eigenvalue weighted by Crippen LogP contribution is -2.31. The number of allylic oxidation sites excluding steroid dienone is 1. The SMILES string of the molecule is COc1ccc(-c2nc3n(n2)[C@@H](c2ccc(F)cc2)C(C(=O)Nc2cccnc2)=C(C)N3)cc1. The Labute approximate surface area is 195 Å². The summed E-state index contributed by atoms with van der Waals surface area (Å²) in [7, 11) is 1.60. The number of hydrogen-bond donors (Lipinski definition) is 2. The summed E-state index contributed by atoms with van der Waals surface area (Å²) in [4.78, 5) is 22.1. The number of methoxy groups -OCH3 is 1. The molecule has 1 aliphatic rings. The summed E-state index contributed by atoms with van der Waals surface area (Å²) in [6.45, 7) is 1.81. The summed E-state index contributed by atoms with van der Waals surface area (Å²) in [6, 6.07) is 16.3. The Bertz CT molecular complexity index is 1370. The number of benzene rings is 2. The molecule has 170 valence electrons. The van der Waals surface area contributed by atoms with Crippen molar-refractivity contribution in [3.05, 3.63) is 95.7 Å². The van der Waals surface area contributed by atoms with E-state index in [1.165, 1.54) is 12.1 Å². The molecule has 0 saturated heterocycles. The number of nitrogens with zero attached hydrogens (tertiary/aromatic N) is 4. The molecule has 2 N–H and O–H groups in total. The van der Waals surface area contributed by atoms with Crippen LogP contribution in [0.3, 0.4) is 0 Å². The van der Waals surface area contributed by atoms with Crippen molar-refractivity contribution in [3.63, 3.8) is 0 Å². The number of carbonyl (C=O) groups excluding carboxylic acids is 1. The van der Waals surface area contributed by atoms with Crippen LogP contribution in [0.25, 0.3) is 11.4 Å². The number of aromatic nitrogens is 4. The van der Waals surface area contributed by atoms with Gasteiger partial charge in [0.25, 0.3) is 5.91 Å². The lowest BCUT2D eigenvalue weighted by molar-refractivity contribution is -0.113. The Morgan fingerprint density at radius 3 is 2.56 bits per heavy atom. The van der Waals surface area contributed by atoms with Crippen LogP contribution in [0, 0.1) is 5.82 Å².